The van der Waals surface area contributed by atoms with E-state index in [2.05, 4.69) is 36.2 Å². The third kappa shape index (κ3) is 3.39. The van der Waals surface area contributed by atoms with Gasteiger partial charge in [0.05, 0.1) is 19.4 Å². The number of hydrogen-bond acceptors (Lipinski definition) is 4. The van der Waals surface area contributed by atoms with Crippen LogP contribution in [0, 0.1) is 6.92 Å². The molecule has 0 aromatic heterocycles. The predicted molar refractivity (Wildman–Crippen MR) is 78.0 cm³/mol. The maximum atomic E-state index is 9.46. The maximum Gasteiger partial charge on any atom is 0.142 e. The van der Waals surface area contributed by atoms with Crippen LogP contribution in [-0.2, 0) is 0 Å². The quantitative estimate of drug-likeness (QED) is 0.869. The van der Waals surface area contributed by atoms with Crippen molar-refractivity contribution >= 4 is 5.69 Å². The highest BCUT2D eigenvalue weighted by Crippen LogP contribution is 2.30. The van der Waals surface area contributed by atoms with Gasteiger partial charge >= 0.3 is 0 Å². The molecule has 0 spiro atoms. The minimum absolute atomic E-state index is 0.114. The molecule has 0 bridgehead atoms. The van der Waals surface area contributed by atoms with Gasteiger partial charge in [-0.15, -0.1) is 0 Å². The van der Waals surface area contributed by atoms with Gasteiger partial charge in [0.1, 0.15) is 5.75 Å². The lowest BCUT2D eigenvalue weighted by atomic mass is 10.1. The first-order chi connectivity index (χ1) is 9.13. The molecule has 19 heavy (non-hydrogen) atoms. The average Bonchev–Trinajstić information content (AvgIpc) is 2.60. The topological polar surface area (TPSA) is 44.7 Å². The van der Waals surface area contributed by atoms with Crippen LogP contribution in [0.25, 0.3) is 0 Å². The highest BCUT2D eigenvalue weighted by molar-refractivity contribution is 5.60. The van der Waals surface area contributed by atoms with Crippen molar-refractivity contribution in [2.24, 2.45) is 0 Å². The molecule has 1 heterocycles. The first-order valence-electron chi connectivity index (χ1n) is 6.90. The average molecular weight is 264 g/mol. The number of nitrogens with zero attached hydrogens (tertiary/aromatic N) is 1. The standard InChI is InChI=1S/C15H24N2O2/c1-11-4-5-15(19-3)14(8-11)17-7-6-12(2)16-13(9-17)10-18/h4-5,8,12-13,16,18H,6-7,9-10H2,1-3H3. The second kappa shape index (κ2) is 6.26. The Hall–Kier alpha value is -1.26. The van der Waals surface area contributed by atoms with Crippen LogP contribution < -0.4 is 15.0 Å². The molecule has 1 aliphatic heterocycles. The summed E-state index contributed by atoms with van der Waals surface area (Å²) in [5, 5.41) is 12.9. The molecule has 2 unspecified atom stereocenters. The first-order valence-corrected chi connectivity index (χ1v) is 6.90. The summed E-state index contributed by atoms with van der Waals surface area (Å²) in [4.78, 5) is 2.31. The van der Waals surface area contributed by atoms with Crippen molar-refractivity contribution in [1.82, 2.24) is 5.32 Å². The van der Waals surface area contributed by atoms with Gasteiger partial charge < -0.3 is 20.1 Å². The Morgan fingerprint density at radius 3 is 2.95 bits per heavy atom. The molecule has 1 fully saturated rings. The van der Waals surface area contributed by atoms with Crippen LogP contribution in [0.2, 0.25) is 0 Å². The van der Waals surface area contributed by atoms with E-state index in [0.717, 1.165) is 30.9 Å². The molecule has 4 nitrogen and oxygen atoms in total. The zero-order chi connectivity index (χ0) is 13.8. The normalized spacial score (nSPS) is 24.1. The molecule has 4 heteroatoms. The largest absolute Gasteiger partial charge is 0.495 e. The van der Waals surface area contributed by atoms with E-state index >= 15 is 0 Å². The van der Waals surface area contributed by atoms with Gasteiger partial charge in [-0.3, -0.25) is 0 Å². The summed E-state index contributed by atoms with van der Waals surface area (Å²) in [5.74, 6) is 0.900. The van der Waals surface area contributed by atoms with E-state index in [1.807, 2.05) is 6.07 Å². The second-order valence-corrected chi connectivity index (χ2v) is 5.36. The number of ether oxygens (including phenoxy) is 1. The van der Waals surface area contributed by atoms with Crippen molar-refractivity contribution in [3.63, 3.8) is 0 Å². The predicted octanol–water partition coefficient (Wildman–Crippen LogP) is 1.55. The van der Waals surface area contributed by atoms with Crippen LogP contribution in [0.15, 0.2) is 18.2 Å². The molecule has 1 aliphatic rings. The van der Waals surface area contributed by atoms with Gasteiger partial charge in [-0.05, 0) is 38.0 Å². The Morgan fingerprint density at radius 2 is 2.26 bits per heavy atom. The lowest BCUT2D eigenvalue weighted by Gasteiger charge is -2.27. The Bertz CT molecular complexity index is 423. The number of hydrogen-bond donors (Lipinski definition) is 2. The summed E-state index contributed by atoms with van der Waals surface area (Å²) < 4.78 is 5.47. The fourth-order valence-corrected chi connectivity index (χ4v) is 2.62. The number of aliphatic hydroxyl groups is 1. The van der Waals surface area contributed by atoms with Gasteiger partial charge in [-0.1, -0.05) is 6.07 Å². The van der Waals surface area contributed by atoms with Gasteiger partial charge in [0.15, 0.2) is 0 Å². The number of aryl methyl sites for hydroxylation is 1. The van der Waals surface area contributed by atoms with E-state index in [-0.39, 0.29) is 12.6 Å². The summed E-state index contributed by atoms with van der Waals surface area (Å²) in [6.07, 6.45) is 1.06. The number of anilines is 1. The summed E-state index contributed by atoms with van der Waals surface area (Å²) >= 11 is 0. The number of nitrogens with one attached hydrogen (secondary N) is 1. The summed E-state index contributed by atoms with van der Waals surface area (Å²) in [6.45, 7) is 6.20. The lowest BCUT2D eigenvalue weighted by molar-refractivity contribution is 0.240. The van der Waals surface area contributed by atoms with E-state index in [1.165, 1.54) is 5.56 Å². The van der Waals surface area contributed by atoms with Gasteiger partial charge in [0.25, 0.3) is 0 Å². The summed E-state index contributed by atoms with van der Waals surface area (Å²) in [7, 11) is 1.70. The van der Waals surface area contributed by atoms with Crippen LogP contribution in [0.1, 0.15) is 18.9 Å². The van der Waals surface area contributed by atoms with Crippen LogP contribution in [0.5, 0.6) is 5.75 Å². The molecular formula is C15H24N2O2. The number of aliphatic hydroxyl groups excluding tert-OH is 1. The summed E-state index contributed by atoms with van der Waals surface area (Å²) in [6, 6.07) is 6.77. The molecule has 1 aromatic carbocycles. The van der Waals surface area contributed by atoms with Crippen LogP contribution in [-0.4, -0.2) is 44.0 Å². The van der Waals surface area contributed by atoms with Gasteiger partial charge in [0.2, 0.25) is 0 Å². The van der Waals surface area contributed by atoms with Crippen LogP contribution in [0.4, 0.5) is 5.69 Å². The third-order valence-electron chi connectivity index (χ3n) is 3.69. The van der Waals surface area contributed by atoms with E-state index < -0.39 is 0 Å². The molecule has 106 valence electrons. The number of benzene rings is 1. The van der Waals surface area contributed by atoms with Crippen molar-refractivity contribution < 1.29 is 9.84 Å². The molecule has 0 saturated carbocycles. The smallest absolute Gasteiger partial charge is 0.142 e. The highest BCUT2D eigenvalue weighted by Gasteiger charge is 2.22. The fourth-order valence-electron chi connectivity index (χ4n) is 2.62. The molecule has 2 rings (SSSR count). The second-order valence-electron chi connectivity index (χ2n) is 5.36. The van der Waals surface area contributed by atoms with Gasteiger partial charge in [-0.2, -0.15) is 0 Å². The van der Waals surface area contributed by atoms with Crippen LogP contribution >= 0.6 is 0 Å². The third-order valence-corrected chi connectivity index (χ3v) is 3.69. The van der Waals surface area contributed by atoms with Crippen molar-refractivity contribution in [3.8, 4) is 5.75 Å². The molecule has 0 radical (unpaired) electrons. The molecule has 1 aromatic rings. The Labute approximate surface area is 115 Å². The fraction of sp³-hybridized carbons (Fsp3) is 0.600. The van der Waals surface area contributed by atoms with E-state index in [4.69, 9.17) is 4.74 Å². The molecule has 2 N–H and O–H groups in total. The van der Waals surface area contributed by atoms with Gasteiger partial charge in [0, 0.05) is 25.2 Å². The summed E-state index contributed by atoms with van der Waals surface area (Å²) in [5.41, 5.74) is 2.35. The van der Waals surface area contributed by atoms with Crippen LogP contribution in [0.3, 0.4) is 0 Å². The van der Waals surface area contributed by atoms with Crippen molar-refractivity contribution in [3.05, 3.63) is 23.8 Å². The van der Waals surface area contributed by atoms with E-state index in [0.29, 0.717) is 6.04 Å². The monoisotopic (exact) mass is 264 g/mol. The zero-order valence-electron chi connectivity index (χ0n) is 12.0. The molecule has 2 atom stereocenters. The van der Waals surface area contributed by atoms with Crippen molar-refractivity contribution in [2.45, 2.75) is 32.4 Å². The zero-order valence-corrected chi connectivity index (χ0v) is 12.0. The SMILES string of the molecule is COc1ccc(C)cc1N1CCC(C)NC(CO)C1. The molecule has 0 amide bonds. The van der Waals surface area contributed by atoms with Gasteiger partial charge in [-0.25, -0.2) is 0 Å². The van der Waals surface area contributed by atoms with Crippen molar-refractivity contribution in [1.29, 1.82) is 0 Å². The van der Waals surface area contributed by atoms with Crippen molar-refractivity contribution in [2.75, 3.05) is 31.7 Å². The van der Waals surface area contributed by atoms with E-state index in [1.54, 1.807) is 7.11 Å². The Morgan fingerprint density at radius 1 is 1.47 bits per heavy atom. The highest BCUT2D eigenvalue weighted by atomic mass is 16.5. The Balaban J connectivity index is 2.26. The number of rotatable bonds is 3. The van der Waals surface area contributed by atoms with E-state index in [9.17, 15) is 5.11 Å². The lowest BCUT2D eigenvalue weighted by Crippen LogP contribution is -2.42. The molecular weight excluding hydrogens is 240 g/mol. The minimum atomic E-state index is 0.114. The Kier molecular flexibility index (Phi) is 4.66. The molecule has 1 saturated heterocycles. The maximum absolute atomic E-state index is 9.46. The number of methoxy groups -OCH3 is 1. The first kappa shape index (κ1) is 14.2. The molecule has 0 aliphatic carbocycles. The minimum Gasteiger partial charge on any atom is -0.495 e.